The van der Waals surface area contributed by atoms with Crippen LogP contribution in [0.4, 0.5) is 0 Å². The first-order valence-corrected chi connectivity index (χ1v) is 7.31. The van der Waals surface area contributed by atoms with Crippen molar-refractivity contribution in [2.75, 3.05) is 26.4 Å². The Kier molecular flexibility index (Phi) is 5.37. The van der Waals surface area contributed by atoms with Gasteiger partial charge in [0.15, 0.2) is 0 Å². The molecule has 1 saturated heterocycles. The van der Waals surface area contributed by atoms with Crippen LogP contribution in [0.5, 0.6) is 0 Å². The fourth-order valence-electron chi connectivity index (χ4n) is 3.04. The molecule has 0 aromatic rings. The summed E-state index contributed by atoms with van der Waals surface area (Å²) >= 11 is 0. The first kappa shape index (κ1) is 15.3. The summed E-state index contributed by atoms with van der Waals surface area (Å²) in [4.78, 5) is 23.5. The molecule has 1 amide bonds. The molecule has 2 N–H and O–H groups in total. The van der Waals surface area contributed by atoms with Crippen molar-refractivity contribution in [1.29, 1.82) is 0 Å². The first-order chi connectivity index (χ1) is 9.61. The van der Waals surface area contributed by atoms with Crippen molar-refractivity contribution < 1.29 is 24.2 Å². The van der Waals surface area contributed by atoms with Gasteiger partial charge in [0.25, 0.3) is 0 Å². The number of rotatable bonds is 5. The SMILES string of the molecule is CCC1C[C@H](C(=O)NCC2COCCO2)[C@H](C(=O)O)C1. The average molecular weight is 285 g/mol. The van der Waals surface area contributed by atoms with Crippen molar-refractivity contribution in [3.8, 4) is 0 Å². The predicted octanol–water partition coefficient (Wildman–Crippen LogP) is 0.655. The second kappa shape index (κ2) is 7.04. The van der Waals surface area contributed by atoms with Gasteiger partial charge in [-0.2, -0.15) is 0 Å². The van der Waals surface area contributed by atoms with Crippen LogP contribution in [0.3, 0.4) is 0 Å². The van der Waals surface area contributed by atoms with E-state index in [1.807, 2.05) is 6.92 Å². The van der Waals surface area contributed by atoms with Crippen LogP contribution in [0.1, 0.15) is 26.2 Å². The smallest absolute Gasteiger partial charge is 0.307 e. The normalized spacial score (nSPS) is 33.9. The number of carboxylic acids is 1. The average Bonchev–Trinajstić information content (AvgIpc) is 2.90. The van der Waals surface area contributed by atoms with Crippen molar-refractivity contribution in [3.05, 3.63) is 0 Å². The standard InChI is InChI=1S/C14H23NO5/c1-2-9-5-11(12(6-9)14(17)18)13(16)15-7-10-8-19-3-4-20-10/h9-12H,2-8H2,1H3,(H,15,16)(H,17,18)/t9?,10?,11-,12+/m0/s1. The molecule has 2 aliphatic rings. The molecule has 0 spiro atoms. The van der Waals surface area contributed by atoms with Crippen LogP contribution in [0.15, 0.2) is 0 Å². The molecule has 20 heavy (non-hydrogen) atoms. The number of hydrogen-bond acceptors (Lipinski definition) is 4. The summed E-state index contributed by atoms with van der Waals surface area (Å²) < 4.78 is 10.7. The minimum absolute atomic E-state index is 0.126. The Balaban J connectivity index is 1.85. The van der Waals surface area contributed by atoms with E-state index < -0.39 is 17.8 Å². The quantitative estimate of drug-likeness (QED) is 0.775. The van der Waals surface area contributed by atoms with Gasteiger partial charge >= 0.3 is 5.97 Å². The fraction of sp³-hybridized carbons (Fsp3) is 0.857. The van der Waals surface area contributed by atoms with Gasteiger partial charge in [-0.15, -0.1) is 0 Å². The minimum atomic E-state index is -0.863. The van der Waals surface area contributed by atoms with E-state index in [1.54, 1.807) is 0 Å². The zero-order chi connectivity index (χ0) is 14.5. The lowest BCUT2D eigenvalue weighted by molar-refractivity contribution is -0.146. The molecule has 2 rings (SSSR count). The van der Waals surface area contributed by atoms with Gasteiger partial charge in [0.1, 0.15) is 0 Å². The molecule has 2 fully saturated rings. The summed E-state index contributed by atoms with van der Waals surface area (Å²) in [5.41, 5.74) is 0. The fourth-order valence-corrected chi connectivity index (χ4v) is 3.04. The molecule has 0 bridgehead atoms. The van der Waals surface area contributed by atoms with Crippen LogP contribution in [0, 0.1) is 17.8 Å². The maximum atomic E-state index is 12.2. The molecule has 2 unspecified atom stereocenters. The molecule has 6 nitrogen and oxygen atoms in total. The van der Waals surface area contributed by atoms with Gasteiger partial charge < -0.3 is 19.9 Å². The molecule has 1 saturated carbocycles. The summed E-state index contributed by atoms with van der Waals surface area (Å²) in [6.45, 7) is 4.03. The van der Waals surface area contributed by atoms with Crippen molar-refractivity contribution in [3.63, 3.8) is 0 Å². The van der Waals surface area contributed by atoms with E-state index in [1.165, 1.54) is 0 Å². The largest absolute Gasteiger partial charge is 0.481 e. The molecular weight excluding hydrogens is 262 g/mol. The Bertz CT molecular complexity index is 353. The third-order valence-corrected chi connectivity index (χ3v) is 4.28. The van der Waals surface area contributed by atoms with Gasteiger partial charge in [-0.1, -0.05) is 13.3 Å². The Hall–Kier alpha value is -1.14. The van der Waals surface area contributed by atoms with E-state index in [4.69, 9.17) is 9.47 Å². The Morgan fingerprint density at radius 3 is 2.60 bits per heavy atom. The number of aliphatic carboxylic acids is 1. The molecule has 114 valence electrons. The first-order valence-electron chi connectivity index (χ1n) is 7.31. The minimum Gasteiger partial charge on any atom is -0.481 e. The summed E-state index contributed by atoms with van der Waals surface area (Å²) in [5, 5.41) is 12.1. The van der Waals surface area contributed by atoms with Gasteiger partial charge in [-0.3, -0.25) is 9.59 Å². The van der Waals surface area contributed by atoms with Gasteiger partial charge in [0.2, 0.25) is 5.91 Å². The molecule has 1 aliphatic heterocycles. The predicted molar refractivity (Wildman–Crippen MR) is 71.2 cm³/mol. The van der Waals surface area contributed by atoms with Crippen LogP contribution in [0.25, 0.3) is 0 Å². The number of carbonyl (C=O) groups excluding carboxylic acids is 1. The highest BCUT2D eigenvalue weighted by Crippen LogP contribution is 2.38. The van der Waals surface area contributed by atoms with Gasteiger partial charge in [0.05, 0.1) is 37.8 Å². The topological polar surface area (TPSA) is 84.9 Å². The van der Waals surface area contributed by atoms with E-state index in [2.05, 4.69) is 5.32 Å². The summed E-state index contributed by atoms with van der Waals surface area (Å²) in [6.07, 6.45) is 2.07. The van der Waals surface area contributed by atoms with Crippen LogP contribution >= 0.6 is 0 Å². The Morgan fingerprint density at radius 1 is 1.25 bits per heavy atom. The lowest BCUT2D eigenvalue weighted by Gasteiger charge is -2.24. The lowest BCUT2D eigenvalue weighted by atomic mass is 9.95. The zero-order valence-electron chi connectivity index (χ0n) is 11.8. The highest BCUT2D eigenvalue weighted by atomic mass is 16.6. The third kappa shape index (κ3) is 3.70. The molecule has 6 heteroatoms. The van der Waals surface area contributed by atoms with Crippen molar-refractivity contribution >= 4 is 11.9 Å². The maximum absolute atomic E-state index is 12.2. The molecule has 4 atom stereocenters. The summed E-state index contributed by atoms with van der Waals surface area (Å²) in [6, 6.07) is 0. The summed E-state index contributed by atoms with van der Waals surface area (Å²) in [5.74, 6) is -1.66. The molecule has 1 aliphatic carbocycles. The van der Waals surface area contributed by atoms with Crippen molar-refractivity contribution in [2.24, 2.45) is 17.8 Å². The zero-order valence-corrected chi connectivity index (χ0v) is 11.8. The molecule has 0 aromatic heterocycles. The van der Waals surface area contributed by atoms with E-state index >= 15 is 0 Å². The number of carboxylic acid groups (broad SMARTS) is 1. The highest BCUT2D eigenvalue weighted by molar-refractivity contribution is 5.85. The lowest BCUT2D eigenvalue weighted by Crippen LogP contribution is -2.43. The van der Waals surface area contributed by atoms with Crippen molar-refractivity contribution in [2.45, 2.75) is 32.3 Å². The number of ether oxygens (including phenoxy) is 2. The van der Waals surface area contributed by atoms with Crippen LogP contribution in [-0.4, -0.2) is 49.5 Å². The second-order valence-electron chi connectivity index (χ2n) is 5.61. The summed E-state index contributed by atoms with van der Waals surface area (Å²) in [7, 11) is 0. The van der Waals surface area contributed by atoms with E-state index in [-0.39, 0.29) is 12.0 Å². The van der Waals surface area contributed by atoms with E-state index in [0.29, 0.717) is 45.1 Å². The van der Waals surface area contributed by atoms with Gasteiger partial charge in [0, 0.05) is 6.54 Å². The van der Waals surface area contributed by atoms with Crippen LogP contribution in [0.2, 0.25) is 0 Å². The van der Waals surface area contributed by atoms with Gasteiger partial charge in [-0.25, -0.2) is 0 Å². The van der Waals surface area contributed by atoms with E-state index in [0.717, 1.165) is 6.42 Å². The third-order valence-electron chi connectivity index (χ3n) is 4.28. The van der Waals surface area contributed by atoms with Crippen molar-refractivity contribution in [1.82, 2.24) is 5.32 Å². The molecule has 1 heterocycles. The highest BCUT2D eigenvalue weighted by Gasteiger charge is 2.42. The number of hydrogen-bond donors (Lipinski definition) is 2. The number of amides is 1. The maximum Gasteiger partial charge on any atom is 0.307 e. The van der Waals surface area contributed by atoms with Crippen LogP contribution < -0.4 is 5.32 Å². The number of nitrogens with one attached hydrogen (secondary N) is 1. The van der Waals surface area contributed by atoms with Crippen LogP contribution in [-0.2, 0) is 19.1 Å². The number of carbonyl (C=O) groups is 2. The Labute approximate surface area is 118 Å². The second-order valence-corrected chi connectivity index (χ2v) is 5.61. The van der Waals surface area contributed by atoms with Gasteiger partial charge in [-0.05, 0) is 18.8 Å². The molecule has 0 radical (unpaired) electrons. The monoisotopic (exact) mass is 285 g/mol. The van der Waals surface area contributed by atoms with E-state index in [9.17, 15) is 14.7 Å². The molecule has 0 aromatic carbocycles. The molecular formula is C14H23NO5. The Morgan fingerprint density at radius 2 is 2.00 bits per heavy atom.